The average molecular weight is 403 g/mol. The third-order valence-electron chi connectivity index (χ3n) is 4.96. The second-order valence-electron chi connectivity index (χ2n) is 7.52. The molecule has 30 heavy (non-hydrogen) atoms. The van der Waals surface area contributed by atoms with E-state index in [1.54, 1.807) is 18.3 Å². The fraction of sp³-hybridized carbons (Fsp3) is 0.308. The van der Waals surface area contributed by atoms with Crippen LogP contribution in [0.15, 0.2) is 66.9 Å². The minimum atomic E-state index is -0.0554. The Hall–Kier alpha value is -3.14. The van der Waals surface area contributed by atoms with Crippen molar-refractivity contribution in [2.45, 2.75) is 46.1 Å². The first kappa shape index (κ1) is 21.6. The highest BCUT2D eigenvalue weighted by atomic mass is 16.5. The smallest absolute Gasteiger partial charge is 0.196 e. The van der Waals surface area contributed by atoms with Crippen molar-refractivity contribution in [3.63, 3.8) is 0 Å². The molecule has 0 aliphatic heterocycles. The van der Waals surface area contributed by atoms with Crippen molar-refractivity contribution in [1.29, 1.82) is 0 Å². The zero-order valence-electron chi connectivity index (χ0n) is 17.9. The number of ether oxygens (including phenoxy) is 1. The van der Waals surface area contributed by atoms with E-state index in [1.165, 1.54) is 24.8 Å². The number of nitrogens with zero attached hydrogens (tertiary/aromatic N) is 1. The first-order valence-electron chi connectivity index (χ1n) is 10.7. The lowest BCUT2D eigenvalue weighted by Crippen LogP contribution is -2.11. The molecule has 156 valence electrons. The number of nitrogens with one attached hydrogen (secondary N) is 1. The quantitative estimate of drug-likeness (QED) is 0.307. The first-order chi connectivity index (χ1) is 14.7. The van der Waals surface area contributed by atoms with Crippen LogP contribution in [0.25, 0.3) is 0 Å². The van der Waals surface area contributed by atoms with Gasteiger partial charge in [-0.1, -0.05) is 68.1 Å². The zero-order chi connectivity index (χ0) is 21.2. The van der Waals surface area contributed by atoms with Crippen LogP contribution in [0.4, 0.5) is 5.82 Å². The molecule has 0 fully saturated rings. The fourth-order valence-electron chi connectivity index (χ4n) is 3.34. The number of unbranched alkanes of at least 4 members (excludes halogenated alkanes) is 3. The maximum atomic E-state index is 13.1. The van der Waals surface area contributed by atoms with Gasteiger partial charge in [-0.15, -0.1) is 0 Å². The Labute approximate surface area is 179 Å². The van der Waals surface area contributed by atoms with Crippen LogP contribution >= 0.6 is 0 Å². The normalized spacial score (nSPS) is 10.6. The molecule has 0 saturated carbocycles. The maximum Gasteiger partial charge on any atom is 0.196 e. The van der Waals surface area contributed by atoms with Crippen molar-refractivity contribution < 1.29 is 9.53 Å². The highest BCUT2D eigenvalue weighted by molar-refractivity contribution is 6.12. The lowest BCUT2D eigenvalue weighted by molar-refractivity contribution is 0.103. The summed E-state index contributed by atoms with van der Waals surface area (Å²) in [5.74, 6) is 1.27. The first-order valence-corrected chi connectivity index (χ1v) is 10.7. The number of rotatable bonds is 11. The van der Waals surface area contributed by atoms with Gasteiger partial charge >= 0.3 is 0 Å². The summed E-state index contributed by atoms with van der Waals surface area (Å²) >= 11 is 0. The van der Waals surface area contributed by atoms with Crippen LogP contribution in [-0.2, 0) is 6.61 Å². The van der Waals surface area contributed by atoms with Crippen molar-refractivity contribution in [1.82, 2.24) is 4.98 Å². The van der Waals surface area contributed by atoms with Gasteiger partial charge in [-0.25, -0.2) is 4.98 Å². The summed E-state index contributed by atoms with van der Waals surface area (Å²) in [5.41, 5.74) is 3.49. The Morgan fingerprint density at radius 2 is 1.87 bits per heavy atom. The van der Waals surface area contributed by atoms with Crippen LogP contribution in [0.2, 0.25) is 0 Å². The van der Waals surface area contributed by atoms with Crippen LogP contribution in [0.5, 0.6) is 5.75 Å². The summed E-state index contributed by atoms with van der Waals surface area (Å²) < 4.78 is 5.92. The number of hydrogen-bond donors (Lipinski definition) is 1. The topological polar surface area (TPSA) is 51.2 Å². The molecule has 3 aromatic rings. The van der Waals surface area contributed by atoms with E-state index in [1.807, 2.05) is 36.4 Å². The molecule has 0 aliphatic carbocycles. The molecule has 0 atom stereocenters. The molecule has 0 amide bonds. The maximum absolute atomic E-state index is 13.1. The van der Waals surface area contributed by atoms with Crippen molar-refractivity contribution in [3.8, 4) is 5.75 Å². The lowest BCUT2D eigenvalue weighted by Gasteiger charge is -2.11. The highest BCUT2D eigenvalue weighted by Gasteiger charge is 2.15. The second kappa shape index (κ2) is 11.1. The molecular formula is C26H30N2O2. The van der Waals surface area contributed by atoms with Crippen molar-refractivity contribution >= 4 is 11.6 Å². The molecule has 0 saturated heterocycles. The highest BCUT2D eigenvalue weighted by Crippen LogP contribution is 2.21. The number of ketones is 1. The monoisotopic (exact) mass is 402 g/mol. The van der Waals surface area contributed by atoms with Gasteiger partial charge in [0.15, 0.2) is 5.78 Å². The average Bonchev–Trinajstić information content (AvgIpc) is 2.78. The number of aryl methyl sites for hydroxylation is 1. The van der Waals surface area contributed by atoms with Gasteiger partial charge in [0.2, 0.25) is 0 Å². The second-order valence-corrected chi connectivity index (χ2v) is 7.52. The molecule has 0 unspecified atom stereocenters. The number of pyridine rings is 1. The largest absolute Gasteiger partial charge is 0.489 e. The zero-order valence-corrected chi connectivity index (χ0v) is 17.9. The standard InChI is InChI=1S/C26H30N2O2/c1-3-4-5-6-15-27-26-24(14-9-16-28-26)25(29)22-12-8-13-23(18-22)30-19-21-11-7-10-20(2)17-21/h7-14,16-18H,3-6,15,19H2,1-2H3,(H,27,28). The Kier molecular flexibility index (Phi) is 8.02. The van der Waals surface area contributed by atoms with Gasteiger partial charge in [0.1, 0.15) is 18.2 Å². The van der Waals surface area contributed by atoms with Crippen molar-refractivity contribution in [2.75, 3.05) is 11.9 Å². The number of anilines is 1. The van der Waals surface area contributed by atoms with Crippen LogP contribution < -0.4 is 10.1 Å². The molecule has 0 bridgehead atoms. The summed E-state index contributed by atoms with van der Waals surface area (Å²) in [6, 6.07) is 19.2. The molecule has 4 heteroatoms. The SMILES string of the molecule is CCCCCCNc1ncccc1C(=O)c1cccc(OCc2cccc(C)c2)c1. The molecule has 3 rings (SSSR count). The summed E-state index contributed by atoms with van der Waals surface area (Å²) in [5, 5.41) is 3.33. The molecule has 1 aromatic heterocycles. The Morgan fingerprint density at radius 3 is 2.70 bits per heavy atom. The van der Waals surface area contributed by atoms with Gasteiger partial charge in [0.25, 0.3) is 0 Å². The Balaban J connectivity index is 1.67. The summed E-state index contributed by atoms with van der Waals surface area (Å²) in [4.78, 5) is 17.5. The molecule has 0 spiro atoms. The van der Waals surface area contributed by atoms with E-state index in [-0.39, 0.29) is 5.78 Å². The van der Waals surface area contributed by atoms with Crippen LogP contribution in [0.1, 0.15) is 59.7 Å². The molecule has 0 radical (unpaired) electrons. The van der Waals surface area contributed by atoms with Gasteiger partial charge in [-0.05, 0) is 43.2 Å². The molecule has 2 aromatic carbocycles. The molecule has 0 aliphatic rings. The minimum absolute atomic E-state index is 0.0554. The van der Waals surface area contributed by atoms with E-state index in [4.69, 9.17) is 4.74 Å². The summed E-state index contributed by atoms with van der Waals surface area (Å²) in [7, 11) is 0. The van der Waals surface area contributed by atoms with Crippen LogP contribution in [0.3, 0.4) is 0 Å². The van der Waals surface area contributed by atoms with E-state index in [2.05, 4.69) is 36.3 Å². The number of carbonyl (C=O) groups is 1. The molecular weight excluding hydrogens is 372 g/mol. The van der Waals surface area contributed by atoms with E-state index in [9.17, 15) is 4.79 Å². The lowest BCUT2D eigenvalue weighted by atomic mass is 10.0. The van der Waals surface area contributed by atoms with Gasteiger partial charge in [-0.3, -0.25) is 4.79 Å². The van der Waals surface area contributed by atoms with E-state index < -0.39 is 0 Å². The van der Waals surface area contributed by atoms with Gasteiger partial charge in [-0.2, -0.15) is 0 Å². The van der Waals surface area contributed by atoms with Gasteiger partial charge in [0, 0.05) is 18.3 Å². The van der Waals surface area contributed by atoms with E-state index in [0.29, 0.717) is 29.3 Å². The fourth-order valence-corrected chi connectivity index (χ4v) is 3.34. The van der Waals surface area contributed by atoms with Crippen LogP contribution in [-0.4, -0.2) is 17.3 Å². The van der Waals surface area contributed by atoms with Crippen LogP contribution in [0, 0.1) is 6.92 Å². The van der Waals surface area contributed by atoms with Gasteiger partial charge in [0.05, 0.1) is 5.56 Å². The molecule has 4 nitrogen and oxygen atoms in total. The predicted octanol–water partition coefficient (Wildman–Crippen LogP) is 6.19. The van der Waals surface area contributed by atoms with Crippen molar-refractivity contribution in [3.05, 3.63) is 89.1 Å². The molecule has 1 N–H and O–H groups in total. The number of carbonyl (C=O) groups excluding carboxylic acids is 1. The minimum Gasteiger partial charge on any atom is -0.489 e. The van der Waals surface area contributed by atoms with Gasteiger partial charge < -0.3 is 10.1 Å². The molecule has 1 heterocycles. The third kappa shape index (κ3) is 6.18. The number of aromatic nitrogens is 1. The Morgan fingerprint density at radius 1 is 1.00 bits per heavy atom. The number of hydrogen-bond acceptors (Lipinski definition) is 4. The number of benzene rings is 2. The summed E-state index contributed by atoms with van der Waals surface area (Å²) in [6.07, 6.45) is 6.40. The van der Waals surface area contributed by atoms with Crippen molar-refractivity contribution in [2.24, 2.45) is 0 Å². The summed E-state index contributed by atoms with van der Waals surface area (Å²) in [6.45, 7) is 5.54. The third-order valence-corrected chi connectivity index (χ3v) is 4.96. The predicted molar refractivity (Wildman–Crippen MR) is 122 cm³/mol. The van der Waals surface area contributed by atoms with E-state index in [0.717, 1.165) is 18.5 Å². The van der Waals surface area contributed by atoms with E-state index >= 15 is 0 Å². The Bertz CT molecular complexity index is 969.